The zero-order chi connectivity index (χ0) is 20.8. The van der Waals surface area contributed by atoms with Crippen molar-refractivity contribution in [2.75, 3.05) is 11.9 Å². The summed E-state index contributed by atoms with van der Waals surface area (Å²) in [6, 6.07) is 5.35. The molecule has 10 heteroatoms. The molecule has 1 saturated heterocycles. The molecule has 1 aromatic carbocycles. The Kier molecular flexibility index (Phi) is 7.32. The Labute approximate surface area is 161 Å². The minimum absolute atomic E-state index is 0.212. The number of ether oxygens (including phenoxy) is 4. The molecule has 0 bridgehead atoms. The number of anilines is 1. The van der Waals surface area contributed by atoms with Gasteiger partial charge in [-0.15, -0.1) is 0 Å². The van der Waals surface area contributed by atoms with Gasteiger partial charge in [-0.05, 0) is 24.3 Å². The fraction of sp³-hybridized carbons (Fsp3) is 0.500. The first-order valence-corrected chi connectivity index (χ1v) is 8.61. The maximum absolute atomic E-state index is 11.3. The zero-order valence-corrected chi connectivity index (χ0v) is 15.8. The van der Waals surface area contributed by atoms with Crippen LogP contribution in [0.3, 0.4) is 0 Å². The van der Waals surface area contributed by atoms with Gasteiger partial charge in [-0.1, -0.05) is 0 Å². The molecule has 0 saturated carbocycles. The predicted octanol–water partition coefficient (Wildman–Crippen LogP) is -0.0683. The average Bonchev–Trinajstić information content (AvgIpc) is 2.61. The van der Waals surface area contributed by atoms with Crippen molar-refractivity contribution in [2.24, 2.45) is 5.73 Å². The summed E-state index contributed by atoms with van der Waals surface area (Å²) in [5.74, 6) is -1.02. The summed E-state index contributed by atoms with van der Waals surface area (Å²) in [6.07, 6.45) is -4.44. The van der Waals surface area contributed by atoms with Crippen LogP contribution in [0.4, 0.5) is 5.69 Å². The van der Waals surface area contributed by atoms with Gasteiger partial charge in [-0.3, -0.25) is 14.4 Å². The lowest BCUT2D eigenvalue weighted by molar-refractivity contribution is -0.254. The highest BCUT2D eigenvalue weighted by molar-refractivity contribution is 5.88. The molecule has 0 aliphatic carbocycles. The van der Waals surface area contributed by atoms with Crippen molar-refractivity contribution in [2.45, 2.75) is 51.4 Å². The number of nitrogens with one attached hydrogen (secondary N) is 1. The van der Waals surface area contributed by atoms with E-state index in [-0.39, 0.29) is 12.5 Å². The van der Waals surface area contributed by atoms with Crippen LogP contribution in [0.25, 0.3) is 0 Å². The quantitative estimate of drug-likeness (QED) is 0.562. The third-order valence-corrected chi connectivity index (χ3v) is 3.91. The van der Waals surface area contributed by atoms with Crippen LogP contribution in [0.2, 0.25) is 0 Å². The fourth-order valence-electron chi connectivity index (χ4n) is 2.69. The second-order valence-corrected chi connectivity index (χ2v) is 6.31. The molecule has 0 unspecified atom stereocenters. The Balaban J connectivity index is 2.11. The van der Waals surface area contributed by atoms with E-state index < -0.39 is 42.6 Å². The molecule has 0 radical (unpaired) electrons. The first-order valence-electron chi connectivity index (χ1n) is 8.61. The highest BCUT2D eigenvalue weighted by atomic mass is 16.7. The average molecular weight is 396 g/mol. The van der Waals surface area contributed by atoms with E-state index in [0.717, 1.165) is 0 Å². The van der Waals surface area contributed by atoms with Crippen LogP contribution in [0.15, 0.2) is 24.3 Å². The van der Waals surface area contributed by atoms with E-state index in [1.54, 1.807) is 24.3 Å². The Morgan fingerprint density at radius 2 is 1.79 bits per heavy atom. The number of benzene rings is 1. The maximum Gasteiger partial charge on any atom is 0.303 e. The van der Waals surface area contributed by atoms with Crippen molar-refractivity contribution < 1.29 is 38.4 Å². The van der Waals surface area contributed by atoms with Crippen molar-refractivity contribution >= 4 is 23.5 Å². The summed E-state index contributed by atoms with van der Waals surface area (Å²) in [6.45, 7) is 3.58. The van der Waals surface area contributed by atoms with Crippen LogP contribution in [0.1, 0.15) is 20.8 Å². The van der Waals surface area contributed by atoms with Crippen LogP contribution in [-0.4, -0.2) is 60.2 Å². The number of hydrogen-bond acceptors (Lipinski definition) is 9. The van der Waals surface area contributed by atoms with Gasteiger partial charge in [0.25, 0.3) is 0 Å². The fourth-order valence-corrected chi connectivity index (χ4v) is 2.69. The monoisotopic (exact) mass is 396 g/mol. The molecule has 154 valence electrons. The summed E-state index contributed by atoms with van der Waals surface area (Å²) in [5.41, 5.74) is 6.59. The van der Waals surface area contributed by atoms with Crippen molar-refractivity contribution in [1.82, 2.24) is 0 Å². The molecule has 1 aromatic rings. The van der Waals surface area contributed by atoms with E-state index in [2.05, 4.69) is 5.32 Å². The maximum atomic E-state index is 11.3. The summed E-state index contributed by atoms with van der Waals surface area (Å²) in [5, 5.41) is 13.0. The smallest absolute Gasteiger partial charge is 0.303 e. The number of aliphatic hydroxyl groups excluding tert-OH is 1. The number of amides is 1. The van der Waals surface area contributed by atoms with Crippen LogP contribution in [0.5, 0.6) is 5.75 Å². The molecule has 1 amide bonds. The lowest BCUT2D eigenvalue weighted by Gasteiger charge is -2.42. The van der Waals surface area contributed by atoms with Crippen LogP contribution >= 0.6 is 0 Å². The third-order valence-electron chi connectivity index (χ3n) is 3.91. The number of aliphatic hydroxyl groups is 1. The normalized spacial score (nSPS) is 26.8. The molecule has 1 heterocycles. The highest BCUT2D eigenvalue weighted by Gasteiger charge is 2.47. The number of hydrogen-bond donors (Lipinski definition) is 3. The second kappa shape index (κ2) is 9.49. The van der Waals surface area contributed by atoms with Gasteiger partial charge in [-0.2, -0.15) is 0 Å². The lowest BCUT2D eigenvalue weighted by atomic mass is 9.97. The largest absolute Gasteiger partial charge is 0.463 e. The molecule has 4 N–H and O–H groups in total. The second-order valence-electron chi connectivity index (χ2n) is 6.31. The van der Waals surface area contributed by atoms with Crippen molar-refractivity contribution in [3.63, 3.8) is 0 Å². The highest BCUT2D eigenvalue weighted by Crippen LogP contribution is 2.26. The Morgan fingerprint density at radius 1 is 1.14 bits per heavy atom. The number of carbonyl (C=O) groups excluding carboxylic acids is 3. The van der Waals surface area contributed by atoms with E-state index in [9.17, 15) is 19.5 Å². The number of esters is 2. The first-order chi connectivity index (χ1) is 13.2. The van der Waals surface area contributed by atoms with Crippen LogP contribution in [-0.2, 0) is 28.6 Å². The minimum atomic E-state index is -1.31. The van der Waals surface area contributed by atoms with E-state index in [1.165, 1.54) is 20.8 Å². The van der Waals surface area contributed by atoms with Crippen LogP contribution < -0.4 is 15.8 Å². The molecule has 28 heavy (non-hydrogen) atoms. The van der Waals surface area contributed by atoms with Gasteiger partial charge in [-0.25, -0.2) is 0 Å². The van der Waals surface area contributed by atoms with E-state index in [4.69, 9.17) is 24.7 Å². The Bertz CT molecular complexity index is 708. The van der Waals surface area contributed by atoms with Gasteiger partial charge in [0.2, 0.25) is 12.2 Å². The number of carbonyl (C=O) groups is 3. The zero-order valence-electron chi connectivity index (χ0n) is 15.8. The molecule has 10 nitrogen and oxygen atoms in total. The molecular weight excluding hydrogens is 372 g/mol. The summed E-state index contributed by atoms with van der Waals surface area (Å²) in [4.78, 5) is 33.5. The summed E-state index contributed by atoms with van der Waals surface area (Å²) in [7, 11) is 0. The molecular formula is C18H24N2O8. The standard InChI is InChI=1S/C18H24N2O8/c1-9(21)20-12-4-6-13(7-5-12)27-18-16(24)15(19)17(26-11(3)23)14(28-18)8-25-10(2)22/h4-7,14-18,24H,8,19H2,1-3H3,(H,20,21)/t14-,15+,16+,17-,18+/m1/s1. The Morgan fingerprint density at radius 3 is 2.32 bits per heavy atom. The predicted molar refractivity (Wildman–Crippen MR) is 96.2 cm³/mol. The van der Waals surface area contributed by atoms with Gasteiger partial charge < -0.3 is 35.1 Å². The van der Waals surface area contributed by atoms with Crippen LogP contribution in [0, 0.1) is 0 Å². The molecule has 5 atom stereocenters. The van der Waals surface area contributed by atoms with Gasteiger partial charge in [0, 0.05) is 26.5 Å². The van der Waals surface area contributed by atoms with Crippen molar-refractivity contribution in [3.8, 4) is 5.75 Å². The first kappa shape index (κ1) is 21.6. The van der Waals surface area contributed by atoms with Gasteiger partial charge in [0.1, 0.15) is 30.7 Å². The molecule has 1 aliphatic rings. The summed E-state index contributed by atoms with van der Waals surface area (Å²) < 4.78 is 21.4. The molecule has 2 rings (SSSR count). The molecule has 0 aromatic heterocycles. The number of rotatable bonds is 6. The third kappa shape index (κ3) is 5.91. The van der Waals surface area contributed by atoms with E-state index in [0.29, 0.717) is 11.4 Å². The van der Waals surface area contributed by atoms with Crippen molar-refractivity contribution in [3.05, 3.63) is 24.3 Å². The van der Waals surface area contributed by atoms with Gasteiger partial charge in [0.05, 0.1) is 6.04 Å². The lowest BCUT2D eigenvalue weighted by Crippen LogP contribution is -2.64. The van der Waals surface area contributed by atoms with Gasteiger partial charge >= 0.3 is 11.9 Å². The molecule has 0 spiro atoms. The van der Waals surface area contributed by atoms with Crippen molar-refractivity contribution in [1.29, 1.82) is 0 Å². The molecule has 1 aliphatic heterocycles. The van der Waals surface area contributed by atoms with Gasteiger partial charge in [0.15, 0.2) is 0 Å². The number of nitrogens with two attached hydrogens (primary N) is 1. The topological polar surface area (TPSA) is 146 Å². The van der Waals surface area contributed by atoms with E-state index >= 15 is 0 Å². The minimum Gasteiger partial charge on any atom is -0.463 e. The molecule has 1 fully saturated rings. The SMILES string of the molecule is CC(=O)Nc1ccc(O[C@H]2O[C@H](COC(C)=O)[C@@H](OC(C)=O)[C@@H](N)[C@@H]2O)cc1. The van der Waals surface area contributed by atoms with E-state index in [1.807, 2.05) is 0 Å². The summed E-state index contributed by atoms with van der Waals surface area (Å²) >= 11 is 0. The Hall–Kier alpha value is -2.69.